The van der Waals surface area contributed by atoms with Crippen LogP contribution in [-0.4, -0.2) is 34.3 Å². The van der Waals surface area contributed by atoms with Gasteiger partial charge in [0.25, 0.3) is 0 Å². The molecular formula is C21H28FN3O3S. The van der Waals surface area contributed by atoms with Crippen LogP contribution in [0.2, 0.25) is 0 Å². The van der Waals surface area contributed by atoms with Gasteiger partial charge in [-0.25, -0.2) is 12.8 Å². The molecule has 0 saturated carbocycles. The number of rotatable bonds is 9. The second kappa shape index (κ2) is 10.9. The van der Waals surface area contributed by atoms with Gasteiger partial charge in [0.1, 0.15) is 5.82 Å². The van der Waals surface area contributed by atoms with Crippen molar-refractivity contribution < 1.29 is 17.5 Å². The second-order valence-corrected chi connectivity index (χ2v) is 8.86. The molecule has 0 aliphatic rings. The molecule has 0 fully saturated rings. The van der Waals surface area contributed by atoms with Gasteiger partial charge in [0, 0.05) is 33.0 Å². The van der Waals surface area contributed by atoms with Crippen molar-refractivity contribution in [3.8, 4) is 0 Å². The number of aliphatic imine (C=N–C) groups is 1. The molecule has 0 spiro atoms. The van der Waals surface area contributed by atoms with Gasteiger partial charge in [-0.1, -0.05) is 30.3 Å². The first kappa shape index (κ1) is 22.8. The fourth-order valence-corrected chi connectivity index (χ4v) is 3.59. The van der Waals surface area contributed by atoms with Crippen molar-refractivity contribution in [3.63, 3.8) is 0 Å². The topological polar surface area (TPSA) is 79.8 Å². The highest BCUT2D eigenvalue weighted by molar-refractivity contribution is 7.89. The molecule has 0 heterocycles. The summed E-state index contributed by atoms with van der Waals surface area (Å²) in [5.74, 6) is -0.00293. The van der Waals surface area contributed by atoms with Crippen molar-refractivity contribution in [2.45, 2.75) is 32.4 Å². The van der Waals surface area contributed by atoms with Crippen molar-refractivity contribution in [2.24, 2.45) is 4.99 Å². The minimum absolute atomic E-state index is 0.135. The highest BCUT2D eigenvalue weighted by atomic mass is 32.2. The smallest absolute Gasteiger partial charge is 0.191 e. The molecule has 0 saturated heterocycles. The maximum absolute atomic E-state index is 13.6. The van der Waals surface area contributed by atoms with E-state index in [0.29, 0.717) is 36.8 Å². The third-order valence-corrected chi connectivity index (χ3v) is 5.05. The molecule has 2 rings (SSSR count). The fraction of sp³-hybridized carbons (Fsp3) is 0.381. The summed E-state index contributed by atoms with van der Waals surface area (Å²) in [6, 6.07) is 12.2. The first-order valence-electron chi connectivity index (χ1n) is 9.36. The number of hydrogen-bond acceptors (Lipinski definition) is 4. The Hall–Kier alpha value is -2.45. The highest BCUT2D eigenvalue weighted by Gasteiger charge is 2.11. The molecule has 6 nitrogen and oxygen atoms in total. The van der Waals surface area contributed by atoms with Crippen LogP contribution in [-0.2, 0) is 40.0 Å². The van der Waals surface area contributed by atoms with Crippen molar-refractivity contribution in [3.05, 3.63) is 70.5 Å². The molecular weight excluding hydrogens is 393 g/mol. The molecule has 0 bridgehead atoms. The van der Waals surface area contributed by atoms with E-state index >= 15 is 0 Å². The number of nitrogens with zero attached hydrogens (tertiary/aromatic N) is 1. The summed E-state index contributed by atoms with van der Waals surface area (Å²) in [4.78, 5) is 4.17. The molecule has 0 aliphatic heterocycles. The summed E-state index contributed by atoms with van der Waals surface area (Å²) in [7, 11) is -1.58. The van der Waals surface area contributed by atoms with Gasteiger partial charge >= 0.3 is 0 Å². The fourth-order valence-electron chi connectivity index (χ4n) is 2.74. The van der Waals surface area contributed by atoms with Crippen LogP contribution >= 0.6 is 0 Å². The monoisotopic (exact) mass is 421 g/mol. The zero-order valence-electron chi connectivity index (χ0n) is 17.0. The number of halogens is 1. The maximum atomic E-state index is 13.6. The third-order valence-electron chi connectivity index (χ3n) is 4.21. The van der Waals surface area contributed by atoms with Gasteiger partial charge in [-0.2, -0.15) is 0 Å². The van der Waals surface area contributed by atoms with Gasteiger partial charge in [0.2, 0.25) is 0 Å². The van der Waals surface area contributed by atoms with E-state index in [1.807, 2.05) is 31.2 Å². The largest absolute Gasteiger partial charge is 0.377 e. The molecule has 0 atom stereocenters. The summed E-state index contributed by atoms with van der Waals surface area (Å²) < 4.78 is 42.3. The molecule has 0 aliphatic carbocycles. The van der Waals surface area contributed by atoms with E-state index in [9.17, 15) is 12.8 Å². The molecule has 0 amide bonds. The van der Waals surface area contributed by atoms with E-state index in [-0.39, 0.29) is 12.3 Å². The van der Waals surface area contributed by atoms with Gasteiger partial charge < -0.3 is 15.4 Å². The Labute approximate surface area is 172 Å². The van der Waals surface area contributed by atoms with Crippen molar-refractivity contribution in [1.29, 1.82) is 0 Å². The van der Waals surface area contributed by atoms with E-state index in [1.165, 1.54) is 18.2 Å². The maximum Gasteiger partial charge on any atom is 0.191 e. The Kier molecular flexibility index (Phi) is 8.60. The van der Waals surface area contributed by atoms with Crippen LogP contribution in [0.25, 0.3) is 0 Å². The average Bonchev–Trinajstić information content (AvgIpc) is 2.68. The van der Waals surface area contributed by atoms with E-state index < -0.39 is 15.7 Å². The number of hydrogen-bond donors (Lipinski definition) is 2. The standard InChI is InChI=1S/C21H28FN3O3S/c1-4-28-14-17-7-5-16(6-8-17)12-24-21(23-2)25-13-19-11-20(22)10-9-18(19)15-29(3,26)27/h5-11H,4,12-15H2,1-3H3,(H2,23,24,25). The summed E-state index contributed by atoms with van der Waals surface area (Å²) in [5, 5.41) is 6.30. The van der Waals surface area contributed by atoms with Gasteiger partial charge in [0.15, 0.2) is 15.8 Å². The van der Waals surface area contributed by atoms with E-state index in [2.05, 4.69) is 15.6 Å². The molecule has 2 N–H and O–H groups in total. The van der Waals surface area contributed by atoms with Crippen molar-refractivity contribution in [2.75, 3.05) is 19.9 Å². The minimum Gasteiger partial charge on any atom is -0.377 e. The lowest BCUT2D eigenvalue weighted by Gasteiger charge is -2.14. The highest BCUT2D eigenvalue weighted by Crippen LogP contribution is 2.14. The lowest BCUT2D eigenvalue weighted by Crippen LogP contribution is -2.36. The van der Waals surface area contributed by atoms with Crippen LogP contribution in [0.5, 0.6) is 0 Å². The average molecular weight is 422 g/mol. The zero-order valence-corrected chi connectivity index (χ0v) is 17.9. The zero-order chi connectivity index (χ0) is 21.3. The van der Waals surface area contributed by atoms with Crippen molar-refractivity contribution >= 4 is 15.8 Å². The third kappa shape index (κ3) is 8.21. The summed E-state index contributed by atoms with van der Waals surface area (Å²) in [6.45, 7) is 4.06. The lowest BCUT2D eigenvalue weighted by molar-refractivity contribution is 0.134. The molecule has 8 heteroatoms. The number of nitrogens with one attached hydrogen (secondary N) is 2. The normalized spacial score (nSPS) is 12.1. The van der Waals surface area contributed by atoms with Crippen molar-refractivity contribution in [1.82, 2.24) is 10.6 Å². The van der Waals surface area contributed by atoms with Gasteiger partial charge in [-0.15, -0.1) is 0 Å². The minimum atomic E-state index is -3.22. The first-order chi connectivity index (χ1) is 13.8. The molecule has 0 unspecified atom stereocenters. The molecule has 0 radical (unpaired) electrons. The van der Waals surface area contributed by atoms with E-state index in [0.717, 1.165) is 17.4 Å². The quantitative estimate of drug-likeness (QED) is 0.481. The number of benzene rings is 2. The Bertz CT molecular complexity index is 929. The first-order valence-corrected chi connectivity index (χ1v) is 11.4. The molecule has 158 valence electrons. The molecule has 0 aromatic heterocycles. The Morgan fingerprint density at radius 1 is 1.03 bits per heavy atom. The number of guanidine groups is 1. The molecule has 2 aromatic rings. The van der Waals surface area contributed by atoms with Crippen LogP contribution in [0.3, 0.4) is 0 Å². The predicted molar refractivity (Wildman–Crippen MR) is 114 cm³/mol. The van der Waals surface area contributed by atoms with Crippen LogP contribution < -0.4 is 10.6 Å². The van der Waals surface area contributed by atoms with Crippen LogP contribution in [0.4, 0.5) is 4.39 Å². The Balaban J connectivity index is 1.95. The number of sulfone groups is 1. The van der Waals surface area contributed by atoms with Gasteiger partial charge in [-0.05, 0) is 41.3 Å². The Morgan fingerprint density at radius 2 is 1.69 bits per heavy atom. The van der Waals surface area contributed by atoms with Gasteiger partial charge in [-0.3, -0.25) is 4.99 Å². The van der Waals surface area contributed by atoms with E-state index in [4.69, 9.17) is 4.74 Å². The molecule has 29 heavy (non-hydrogen) atoms. The predicted octanol–water partition coefficient (Wildman–Crippen LogP) is 2.77. The summed E-state index contributed by atoms with van der Waals surface area (Å²) in [5.41, 5.74) is 3.35. The SMILES string of the molecule is CCOCc1ccc(CNC(=NC)NCc2cc(F)ccc2CS(C)(=O)=O)cc1. The second-order valence-electron chi connectivity index (χ2n) is 6.72. The Morgan fingerprint density at radius 3 is 2.31 bits per heavy atom. The van der Waals surface area contributed by atoms with E-state index in [1.54, 1.807) is 7.05 Å². The van der Waals surface area contributed by atoms with Crippen LogP contribution in [0, 0.1) is 5.82 Å². The molecule has 2 aromatic carbocycles. The van der Waals surface area contributed by atoms with Crippen LogP contribution in [0.1, 0.15) is 29.2 Å². The summed E-state index contributed by atoms with van der Waals surface area (Å²) >= 11 is 0. The van der Waals surface area contributed by atoms with Crippen LogP contribution in [0.15, 0.2) is 47.5 Å². The number of ether oxygens (including phenoxy) is 1. The lowest BCUT2D eigenvalue weighted by atomic mass is 10.1. The van der Waals surface area contributed by atoms with Gasteiger partial charge in [0.05, 0.1) is 12.4 Å². The summed E-state index contributed by atoms with van der Waals surface area (Å²) in [6.07, 6.45) is 1.16.